The summed E-state index contributed by atoms with van der Waals surface area (Å²) in [5, 5.41) is 0.988. The zero-order valence-corrected chi connectivity index (χ0v) is 10.2. The van der Waals surface area contributed by atoms with Crippen LogP contribution in [0.25, 0.3) is 10.9 Å². The first-order valence-corrected chi connectivity index (χ1v) is 6.05. The van der Waals surface area contributed by atoms with Crippen LogP contribution in [0.15, 0.2) is 12.1 Å². The van der Waals surface area contributed by atoms with Crippen molar-refractivity contribution in [3.8, 4) is 0 Å². The minimum absolute atomic E-state index is 0.0701. The van der Waals surface area contributed by atoms with Crippen LogP contribution in [0.5, 0.6) is 0 Å². The molecule has 0 atom stereocenters. The van der Waals surface area contributed by atoms with E-state index in [1.165, 1.54) is 0 Å². The highest BCUT2D eigenvalue weighted by atomic mass is 19.1. The summed E-state index contributed by atoms with van der Waals surface area (Å²) < 4.78 is 14.0. The van der Waals surface area contributed by atoms with Gasteiger partial charge in [-0.1, -0.05) is 0 Å². The average molecular weight is 232 g/mol. The van der Waals surface area contributed by atoms with E-state index in [1.54, 1.807) is 6.07 Å². The summed E-state index contributed by atoms with van der Waals surface area (Å²) >= 11 is 0. The van der Waals surface area contributed by atoms with Crippen LogP contribution in [0, 0.1) is 19.7 Å². The van der Waals surface area contributed by atoms with Crippen molar-refractivity contribution >= 4 is 10.9 Å². The SMILES string of the molecule is Cc1[nH]c2c(F)cc(CC3(N)CC3)cc2c1C. The summed E-state index contributed by atoms with van der Waals surface area (Å²) in [5.74, 6) is -0.169. The minimum Gasteiger partial charge on any atom is -0.356 e. The van der Waals surface area contributed by atoms with E-state index >= 15 is 0 Å². The first kappa shape index (κ1) is 10.8. The second-order valence-corrected chi connectivity index (χ2v) is 5.41. The van der Waals surface area contributed by atoms with Gasteiger partial charge >= 0.3 is 0 Å². The number of H-pyrrole nitrogens is 1. The number of aromatic nitrogens is 1. The lowest BCUT2D eigenvalue weighted by Gasteiger charge is -2.09. The maximum Gasteiger partial charge on any atom is 0.147 e. The Balaban J connectivity index is 2.12. The fraction of sp³-hybridized carbons (Fsp3) is 0.429. The van der Waals surface area contributed by atoms with Gasteiger partial charge in [-0.05, 0) is 56.4 Å². The van der Waals surface area contributed by atoms with E-state index in [1.807, 2.05) is 13.8 Å². The first-order valence-electron chi connectivity index (χ1n) is 6.05. The highest BCUT2D eigenvalue weighted by Gasteiger charge is 2.38. The third-order valence-corrected chi connectivity index (χ3v) is 3.88. The summed E-state index contributed by atoms with van der Waals surface area (Å²) in [6.07, 6.45) is 2.89. The van der Waals surface area contributed by atoms with Gasteiger partial charge in [-0.3, -0.25) is 0 Å². The van der Waals surface area contributed by atoms with Crippen molar-refractivity contribution in [2.45, 2.75) is 38.6 Å². The predicted molar refractivity (Wildman–Crippen MR) is 67.6 cm³/mol. The van der Waals surface area contributed by atoms with E-state index in [0.29, 0.717) is 5.52 Å². The lowest BCUT2D eigenvalue weighted by atomic mass is 10.0. The number of hydrogen-bond acceptors (Lipinski definition) is 1. The molecule has 1 aromatic carbocycles. The number of nitrogens with two attached hydrogens (primary N) is 1. The van der Waals surface area contributed by atoms with Crippen LogP contribution >= 0.6 is 0 Å². The molecule has 3 heteroatoms. The quantitative estimate of drug-likeness (QED) is 0.821. The van der Waals surface area contributed by atoms with E-state index in [9.17, 15) is 4.39 Å². The van der Waals surface area contributed by atoms with Crippen molar-refractivity contribution in [3.05, 3.63) is 34.8 Å². The Labute approximate surface area is 100 Å². The first-order chi connectivity index (χ1) is 7.98. The molecule has 1 fully saturated rings. The molecule has 90 valence electrons. The lowest BCUT2D eigenvalue weighted by Crippen LogP contribution is -2.24. The smallest absolute Gasteiger partial charge is 0.147 e. The molecule has 17 heavy (non-hydrogen) atoms. The molecule has 3 N–H and O–H groups in total. The maximum absolute atomic E-state index is 14.0. The van der Waals surface area contributed by atoms with Gasteiger partial charge in [-0.2, -0.15) is 0 Å². The van der Waals surface area contributed by atoms with Crippen LogP contribution in [0.2, 0.25) is 0 Å². The molecule has 1 heterocycles. The molecule has 0 aliphatic heterocycles. The van der Waals surface area contributed by atoms with Gasteiger partial charge in [0.25, 0.3) is 0 Å². The van der Waals surface area contributed by atoms with Gasteiger partial charge in [0.2, 0.25) is 0 Å². The number of nitrogens with one attached hydrogen (secondary N) is 1. The Morgan fingerprint density at radius 3 is 2.71 bits per heavy atom. The number of halogens is 1. The fourth-order valence-corrected chi connectivity index (χ4v) is 2.41. The largest absolute Gasteiger partial charge is 0.356 e. The minimum atomic E-state index is -0.169. The number of aryl methyl sites for hydroxylation is 2. The molecule has 1 aliphatic carbocycles. The van der Waals surface area contributed by atoms with Crippen LogP contribution in [0.3, 0.4) is 0 Å². The summed E-state index contributed by atoms with van der Waals surface area (Å²) in [6, 6.07) is 3.69. The number of rotatable bonds is 2. The molecule has 0 unspecified atom stereocenters. The van der Waals surface area contributed by atoms with E-state index in [4.69, 9.17) is 5.73 Å². The molecular weight excluding hydrogens is 215 g/mol. The summed E-state index contributed by atoms with van der Waals surface area (Å²) in [5.41, 5.74) is 9.80. The molecule has 2 aromatic rings. The average Bonchev–Trinajstić information content (AvgIpc) is 2.90. The number of benzene rings is 1. The second-order valence-electron chi connectivity index (χ2n) is 5.41. The van der Waals surface area contributed by atoms with Crippen molar-refractivity contribution in [2.75, 3.05) is 0 Å². The second kappa shape index (κ2) is 3.33. The van der Waals surface area contributed by atoms with Crippen molar-refractivity contribution in [1.29, 1.82) is 0 Å². The Bertz CT molecular complexity index is 594. The van der Waals surface area contributed by atoms with Crippen LogP contribution in [-0.4, -0.2) is 10.5 Å². The van der Waals surface area contributed by atoms with Crippen LogP contribution in [0.4, 0.5) is 4.39 Å². The molecule has 0 bridgehead atoms. The van der Waals surface area contributed by atoms with E-state index in [-0.39, 0.29) is 11.4 Å². The molecule has 1 aliphatic rings. The zero-order valence-electron chi connectivity index (χ0n) is 10.2. The Hall–Kier alpha value is -1.35. The molecule has 0 radical (unpaired) electrons. The van der Waals surface area contributed by atoms with E-state index in [2.05, 4.69) is 11.1 Å². The zero-order chi connectivity index (χ0) is 12.2. The summed E-state index contributed by atoms with van der Waals surface area (Å²) in [6.45, 7) is 3.99. The molecule has 0 saturated heterocycles. The third kappa shape index (κ3) is 1.75. The molecule has 3 rings (SSSR count). The van der Waals surface area contributed by atoms with Crippen molar-refractivity contribution < 1.29 is 4.39 Å². The van der Waals surface area contributed by atoms with Crippen molar-refractivity contribution in [3.63, 3.8) is 0 Å². The van der Waals surface area contributed by atoms with Gasteiger partial charge in [0.05, 0.1) is 5.52 Å². The van der Waals surface area contributed by atoms with Crippen LogP contribution < -0.4 is 5.73 Å². The number of aromatic amines is 1. The molecular formula is C14H17FN2. The monoisotopic (exact) mass is 232 g/mol. The third-order valence-electron chi connectivity index (χ3n) is 3.88. The Morgan fingerprint density at radius 1 is 1.35 bits per heavy atom. The van der Waals surface area contributed by atoms with Gasteiger partial charge < -0.3 is 10.7 Å². The molecule has 1 saturated carbocycles. The van der Waals surface area contributed by atoms with Gasteiger partial charge in [0.1, 0.15) is 5.82 Å². The highest BCUT2D eigenvalue weighted by Crippen LogP contribution is 2.36. The highest BCUT2D eigenvalue weighted by molar-refractivity contribution is 5.85. The predicted octanol–water partition coefficient (Wildman–Crippen LogP) is 2.96. The molecule has 0 amide bonds. The molecule has 0 spiro atoms. The molecule has 2 nitrogen and oxygen atoms in total. The van der Waals surface area contributed by atoms with E-state index < -0.39 is 0 Å². The van der Waals surface area contributed by atoms with Gasteiger partial charge in [-0.25, -0.2) is 4.39 Å². The normalized spacial score (nSPS) is 17.6. The lowest BCUT2D eigenvalue weighted by molar-refractivity contribution is 0.627. The fourth-order valence-electron chi connectivity index (χ4n) is 2.41. The van der Waals surface area contributed by atoms with Gasteiger partial charge in [-0.15, -0.1) is 0 Å². The van der Waals surface area contributed by atoms with Crippen molar-refractivity contribution in [2.24, 2.45) is 5.73 Å². The van der Waals surface area contributed by atoms with Crippen molar-refractivity contribution in [1.82, 2.24) is 4.98 Å². The van der Waals surface area contributed by atoms with Crippen LogP contribution in [0.1, 0.15) is 29.7 Å². The summed E-state index contributed by atoms with van der Waals surface area (Å²) in [7, 11) is 0. The Morgan fingerprint density at radius 2 is 2.06 bits per heavy atom. The van der Waals surface area contributed by atoms with Gasteiger partial charge in [0.15, 0.2) is 0 Å². The molecule has 1 aromatic heterocycles. The number of hydrogen-bond donors (Lipinski definition) is 2. The van der Waals surface area contributed by atoms with E-state index in [0.717, 1.165) is 41.5 Å². The van der Waals surface area contributed by atoms with Crippen LogP contribution in [-0.2, 0) is 6.42 Å². The van der Waals surface area contributed by atoms with Gasteiger partial charge in [0, 0.05) is 16.6 Å². The summed E-state index contributed by atoms with van der Waals surface area (Å²) in [4.78, 5) is 3.09. The topological polar surface area (TPSA) is 41.8 Å². The number of fused-ring (bicyclic) bond motifs is 1. The maximum atomic E-state index is 14.0. The standard InChI is InChI=1S/C14H17FN2/c1-8-9(2)17-13-11(8)5-10(6-12(13)15)7-14(16)3-4-14/h5-6,17H,3-4,7,16H2,1-2H3. The Kier molecular flexibility index (Phi) is 2.11.